The topological polar surface area (TPSA) is 83.1 Å². The van der Waals surface area contributed by atoms with E-state index in [4.69, 9.17) is 0 Å². The van der Waals surface area contributed by atoms with Crippen molar-refractivity contribution in [3.8, 4) is 10.6 Å². The number of hydrogen-bond acceptors (Lipinski definition) is 5. The summed E-state index contributed by atoms with van der Waals surface area (Å²) >= 11 is 1.53. The number of amides is 1. The molecule has 1 aliphatic rings. The van der Waals surface area contributed by atoms with Gasteiger partial charge in [0.05, 0.1) is 33.8 Å². The molecule has 1 amide bonds. The number of rotatable bonds is 4. The third kappa shape index (κ3) is 2.80. The molecule has 0 saturated carbocycles. The maximum atomic E-state index is 12.8. The van der Waals surface area contributed by atoms with Gasteiger partial charge in [0.15, 0.2) is 9.84 Å². The monoisotopic (exact) mass is 339 g/mol. The van der Waals surface area contributed by atoms with Gasteiger partial charge in [-0.25, -0.2) is 8.42 Å². The Balaban J connectivity index is 1.89. The number of carbonyl (C=O) groups is 1. The largest absolute Gasteiger partial charge is 0.335 e. The first kappa shape index (κ1) is 15.2. The molecule has 0 unspecified atom stereocenters. The lowest BCUT2D eigenvalue weighted by atomic mass is 10.1. The van der Waals surface area contributed by atoms with Crippen LogP contribution in [-0.2, 0) is 9.84 Å². The van der Waals surface area contributed by atoms with Crippen molar-refractivity contribution in [3.05, 3.63) is 29.3 Å². The fraction of sp³-hybridized carbons (Fsp3) is 0.429. The standard InChI is InChI=1S/C14H17N3O3S2/c1-2-17(10-5-7-22(19,20)9-10)14(18)11-8-15-16-13(11)12-4-3-6-21-12/h3-4,6,8,10H,2,5,7,9H2,1H3,(H,15,16)/t10-/m0/s1. The van der Waals surface area contributed by atoms with Gasteiger partial charge in [0, 0.05) is 12.6 Å². The number of aromatic nitrogens is 2. The van der Waals surface area contributed by atoms with Crippen LogP contribution in [0.2, 0.25) is 0 Å². The van der Waals surface area contributed by atoms with Crippen LogP contribution in [0.3, 0.4) is 0 Å². The van der Waals surface area contributed by atoms with Crippen molar-refractivity contribution >= 4 is 27.1 Å². The summed E-state index contributed by atoms with van der Waals surface area (Å²) in [5, 5.41) is 8.79. The van der Waals surface area contributed by atoms with Gasteiger partial charge in [-0.05, 0) is 24.8 Å². The number of carbonyl (C=O) groups excluding carboxylic acids is 1. The van der Waals surface area contributed by atoms with Crippen molar-refractivity contribution in [2.75, 3.05) is 18.1 Å². The van der Waals surface area contributed by atoms with Crippen LogP contribution in [0.4, 0.5) is 0 Å². The molecular weight excluding hydrogens is 322 g/mol. The van der Waals surface area contributed by atoms with Gasteiger partial charge in [-0.2, -0.15) is 5.10 Å². The quantitative estimate of drug-likeness (QED) is 0.920. The highest BCUT2D eigenvalue weighted by Crippen LogP contribution is 2.28. The molecule has 0 aliphatic carbocycles. The van der Waals surface area contributed by atoms with Gasteiger partial charge in [-0.15, -0.1) is 11.3 Å². The fourth-order valence-corrected chi connectivity index (χ4v) is 5.27. The number of nitrogens with one attached hydrogen (secondary N) is 1. The second-order valence-electron chi connectivity index (χ2n) is 5.28. The molecule has 0 aromatic carbocycles. The normalized spacial score (nSPS) is 20.1. The Kier molecular flexibility index (Phi) is 4.05. The highest BCUT2D eigenvalue weighted by atomic mass is 32.2. The number of H-pyrrole nitrogens is 1. The molecule has 2 aromatic heterocycles. The second-order valence-corrected chi connectivity index (χ2v) is 8.46. The third-order valence-electron chi connectivity index (χ3n) is 3.89. The Morgan fingerprint density at radius 2 is 2.36 bits per heavy atom. The summed E-state index contributed by atoms with van der Waals surface area (Å²) in [7, 11) is -3.02. The minimum atomic E-state index is -3.02. The second kappa shape index (κ2) is 5.85. The lowest BCUT2D eigenvalue weighted by Gasteiger charge is -2.26. The molecule has 1 aliphatic heterocycles. The molecule has 3 heterocycles. The number of sulfone groups is 1. The zero-order chi connectivity index (χ0) is 15.7. The number of nitrogens with zero attached hydrogens (tertiary/aromatic N) is 2. The highest BCUT2D eigenvalue weighted by Gasteiger charge is 2.35. The van der Waals surface area contributed by atoms with Gasteiger partial charge >= 0.3 is 0 Å². The molecule has 0 radical (unpaired) electrons. The molecule has 1 N–H and O–H groups in total. The number of thiophene rings is 1. The average Bonchev–Trinajstić information content (AvgIpc) is 3.18. The molecule has 0 bridgehead atoms. The number of aromatic amines is 1. The molecule has 2 aromatic rings. The van der Waals surface area contributed by atoms with Crippen LogP contribution in [0.5, 0.6) is 0 Å². The van der Waals surface area contributed by atoms with Crippen LogP contribution in [0.25, 0.3) is 10.6 Å². The van der Waals surface area contributed by atoms with E-state index in [1.54, 1.807) is 4.90 Å². The van der Waals surface area contributed by atoms with Gasteiger partial charge in [0.25, 0.3) is 5.91 Å². The first-order valence-electron chi connectivity index (χ1n) is 7.10. The molecule has 118 valence electrons. The van der Waals surface area contributed by atoms with Gasteiger partial charge in [0.1, 0.15) is 0 Å². The van der Waals surface area contributed by atoms with E-state index in [0.717, 1.165) is 4.88 Å². The predicted octanol–water partition coefficient (Wildman–Crippen LogP) is 1.79. The van der Waals surface area contributed by atoms with E-state index in [0.29, 0.717) is 24.2 Å². The van der Waals surface area contributed by atoms with Crippen LogP contribution in [-0.4, -0.2) is 53.5 Å². The Hall–Kier alpha value is -1.67. The van der Waals surface area contributed by atoms with Crippen molar-refractivity contribution in [3.63, 3.8) is 0 Å². The van der Waals surface area contributed by atoms with Gasteiger partial charge in [0.2, 0.25) is 0 Å². The molecule has 1 fully saturated rings. The van der Waals surface area contributed by atoms with Gasteiger partial charge in [-0.1, -0.05) is 6.07 Å². The summed E-state index contributed by atoms with van der Waals surface area (Å²) in [6.45, 7) is 2.35. The average molecular weight is 339 g/mol. The number of hydrogen-bond donors (Lipinski definition) is 1. The fourth-order valence-electron chi connectivity index (χ4n) is 2.80. The molecule has 22 heavy (non-hydrogen) atoms. The van der Waals surface area contributed by atoms with Gasteiger partial charge < -0.3 is 4.90 Å². The lowest BCUT2D eigenvalue weighted by Crippen LogP contribution is -2.41. The Morgan fingerprint density at radius 3 is 2.95 bits per heavy atom. The molecule has 0 spiro atoms. The Morgan fingerprint density at radius 1 is 1.55 bits per heavy atom. The van der Waals surface area contributed by atoms with E-state index >= 15 is 0 Å². The molecule has 1 atom stereocenters. The van der Waals surface area contributed by atoms with E-state index < -0.39 is 9.84 Å². The molecule has 3 rings (SSSR count). The third-order valence-corrected chi connectivity index (χ3v) is 6.53. The summed E-state index contributed by atoms with van der Waals surface area (Å²) in [6, 6.07) is 3.59. The van der Waals surface area contributed by atoms with Crippen molar-refractivity contribution in [1.29, 1.82) is 0 Å². The lowest BCUT2D eigenvalue weighted by molar-refractivity contribution is 0.0709. The van der Waals surface area contributed by atoms with Crippen molar-refractivity contribution in [2.45, 2.75) is 19.4 Å². The maximum absolute atomic E-state index is 12.8. The Labute approximate surface area is 133 Å². The van der Waals surface area contributed by atoms with Crippen LogP contribution >= 0.6 is 11.3 Å². The van der Waals surface area contributed by atoms with E-state index in [9.17, 15) is 13.2 Å². The summed E-state index contributed by atoms with van der Waals surface area (Å²) in [6.07, 6.45) is 2.03. The first-order chi connectivity index (χ1) is 10.5. The summed E-state index contributed by atoms with van der Waals surface area (Å²) in [5.74, 6) is 0.0466. The van der Waals surface area contributed by atoms with Gasteiger partial charge in [-0.3, -0.25) is 9.89 Å². The SMILES string of the molecule is CCN(C(=O)c1cn[nH]c1-c1cccs1)[C@H]1CCS(=O)(=O)C1. The highest BCUT2D eigenvalue weighted by molar-refractivity contribution is 7.91. The van der Waals surface area contributed by atoms with Crippen LogP contribution in [0.15, 0.2) is 23.7 Å². The van der Waals surface area contributed by atoms with Crippen LogP contribution in [0, 0.1) is 0 Å². The van der Waals surface area contributed by atoms with E-state index in [1.165, 1.54) is 17.5 Å². The molecule has 1 saturated heterocycles. The van der Waals surface area contributed by atoms with E-state index in [1.807, 2.05) is 24.4 Å². The van der Waals surface area contributed by atoms with Crippen LogP contribution < -0.4 is 0 Å². The zero-order valence-electron chi connectivity index (χ0n) is 12.2. The van der Waals surface area contributed by atoms with Crippen molar-refractivity contribution < 1.29 is 13.2 Å². The predicted molar refractivity (Wildman–Crippen MR) is 85.7 cm³/mol. The maximum Gasteiger partial charge on any atom is 0.257 e. The minimum absolute atomic E-state index is 0.0543. The van der Waals surface area contributed by atoms with E-state index in [-0.39, 0.29) is 23.5 Å². The summed E-state index contributed by atoms with van der Waals surface area (Å²) < 4.78 is 23.3. The smallest absolute Gasteiger partial charge is 0.257 e. The first-order valence-corrected chi connectivity index (χ1v) is 9.80. The molecule has 8 heteroatoms. The van der Waals surface area contributed by atoms with Crippen LogP contribution in [0.1, 0.15) is 23.7 Å². The minimum Gasteiger partial charge on any atom is -0.335 e. The molecular formula is C14H17N3O3S2. The Bertz CT molecular complexity index is 765. The van der Waals surface area contributed by atoms with E-state index in [2.05, 4.69) is 10.2 Å². The van der Waals surface area contributed by atoms with Crippen molar-refractivity contribution in [2.24, 2.45) is 0 Å². The zero-order valence-corrected chi connectivity index (χ0v) is 13.8. The summed E-state index contributed by atoms with van der Waals surface area (Å²) in [4.78, 5) is 15.4. The van der Waals surface area contributed by atoms with Crippen molar-refractivity contribution in [1.82, 2.24) is 15.1 Å². The molecule has 6 nitrogen and oxygen atoms in total. The summed E-state index contributed by atoms with van der Waals surface area (Å²) in [5.41, 5.74) is 1.19.